The number of ketones is 1. The average molecular weight is 177 g/mol. The molecular formula is C11H15NO. The van der Waals surface area contributed by atoms with Crippen LogP contribution in [0, 0.1) is 0 Å². The summed E-state index contributed by atoms with van der Waals surface area (Å²) in [6, 6.07) is 7.75. The Labute approximate surface area is 79.2 Å². The molecule has 0 radical (unpaired) electrons. The molecule has 0 saturated heterocycles. The van der Waals surface area contributed by atoms with Gasteiger partial charge in [0.05, 0.1) is 0 Å². The summed E-state index contributed by atoms with van der Waals surface area (Å²) in [5.41, 5.74) is 2.01. The van der Waals surface area contributed by atoms with E-state index in [1.54, 1.807) is 6.92 Å². The minimum Gasteiger partial charge on any atom is -0.305 e. The molecule has 0 saturated carbocycles. The highest BCUT2D eigenvalue weighted by Gasteiger charge is 1.99. The van der Waals surface area contributed by atoms with Crippen molar-refractivity contribution >= 4 is 5.78 Å². The first kappa shape index (κ1) is 9.93. The molecule has 0 N–H and O–H groups in total. The van der Waals surface area contributed by atoms with Gasteiger partial charge in [-0.3, -0.25) is 4.79 Å². The van der Waals surface area contributed by atoms with E-state index in [2.05, 4.69) is 4.90 Å². The Bertz CT molecular complexity index is 287. The number of benzene rings is 1. The Morgan fingerprint density at radius 3 is 2.15 bits per heavy atom. The SMILES string of the molecule is CC(=O)c1ccc(CN(C)C)cc1. The summed E-state index contributed by atoms with van der Waals surface area (Å²) >= 11 is 0. The molecule has 0 aliphatic heterocycles. The average Bonchev–Trinajstić information content (AvgIpc) is 2.04. The lowest BCUT2D eigenvalue weighted by molar-refractivity contribution is 0.101. The fourth-order valence-electron chi connectivity index (χ4n) is 1.21. The normalized spacial score (nSPS) is 10.5. The third kappa shape index (κ3) is 2.99. The van der Waals surface area contributed by atoms with Crippen LogP contribution in [-0.4, -0.2) is 24.8 Å². The van der Waals surface area contributed by atoms with Crippen LogP contribution in [0.3, 0.4) is 0 Å². The second-order valence-corrected chi connectivity index (χ2v) is 3.49. The first-order valence-electron chi connectivity index (χ1n) is 4.34. The van der Waals surface area contributed by atoms with Gasteiger partial charge in [-0.05, 0) is 26.6 Å². The number of hydrogen-bond donors (Lipinski definition) is 0. The van der Waals surface area contributed by atoms with Gasteiger partial charge in [-0.2, -0.15) is 0 Å². The van der Waals surface area contributed by atoms with E-state index in [4.69, 9.17) is 0 Å². The Hall–Kier alpha value is -1.15. The number of rotatable bonds is 3. The van der Waals surface area contributed by atoms with Crippen molar-refractivity contribution in [1.29, 1.82) is 0 Å². The van der Waals surface area contributed by atoms with E-state index in [-0.39, 0.29) is 5.78 Å². The highest BCUT2D eigenvalue weighted by molar-refractivity contribution is 5.93. The van der Waals surface area contributed by atoms with Crippen LogP contribution < -0.4 is 0 Å². The third-order valence-corrected chi connectivity index (χ3v) is 1.86. The van der Waals surface area contributed by atoms with Crippen molar-refractivity contribution < 1.29 is 4.79 Å². The predicted molar refractivity (Wildman–Crippen MR) is 53.8 cm³/mol. The molecule has 2 heteroatoms. The minimum absolute atomic E-state index is 0.122. The monoisotopic (exact) mass is 177 g/mol. The number of nitrogens with zero attached hydrogens (tertiary/aromatic N) is 1. The quantitative estimate of drug-likeness (QED) is 0.658. The van der Waals surface area contributed by atoms with Gasteiger partial charge in [-0.15, -0.1) is 0 Å². The van der Waals surface area contributed by atoms with Gasteiger partial charge in [0.1, 0.15) is 0 Å². The molecular weight excluding hydrogens is 162 g/mol. The molecule has 1 aromatic rings. The lowest BCUT2D eigenvalue weighted by atomic mass is 10.1. The van der Waals surface area contributed by atoms with Gasteiger partial charge < -0.3 is 4.90 Å². The van der Waals surface area contributed by atoms with Gasteiger partial charge in [0, 0.05) is 12.1 Å². The Morgan fingerprint density at radius 2 is 1.77 bits per heavy atom. The number of Topliss-reactive ketones (excluding diaryl/α,β-unsaturated/α-hetero) is 1. The fraction of sp³-hybridized carbons (Fsp3) is 0.364. The standard InChI is InChI=1S/C11H15NO/c1-9(13)11-6-4-10(5-7-11)8-12(2)3/h4-7H,8H2,1-3H3. The van der Waals surface area contributed by atoms with Crippen LogP contribution in [0.15, 0.2) is 24.3 Å². The van der Waals surface area contributed by atoms with Crippen LogP contribution in [0.5, 0.6) is 0 Å². The Morgan fingerprint density at radius 1 is 1.23 bits per heavy atom. The van der Waals surface area contributed by atoms with Gasteiger partial charge in [-0.25, -0.2) is 0 Å². The molecule has 0 aliphatic carbocycles. The third-order valence-electron chi connectivity index (χ3n) is 1.86. The summed E-state index contributed by atoms with van der Waals surface area (Å²) in [5, 5.41) is 0. The zero-order valence-electron chi connectivity index (χ0n) is 8.37. The van der Waals surface area contributed by atoms with Gasteiger partial charge >= 0.3 is 0 Å². The van der Waals surface area contributed by atoms with E-state index in [9.17, 15) is 4.79 Å². The van der Waals surface area contributed by atoms with Gasteiger partial charge in [0.25, 0.3) is 0 Å². The maximum atomic E-state index is 11.0. The molecule has 0 aromatic heterocycles. The summed E-state index contributed by atoms with van der Waals surface area (Å²) in [6.07, 6.45) is 0. The lowest BCUT2D eigenvalue weighted by Crippen LogP contribution is -2.10. The molecule has 0 unspecified atom stereocenters. The predicted octanol–water partition coefficient (Wildman–Crippen LogP) is 1.95. The van der Waals surface area contributed by atoms with Crippen LogP contribution in [0.25, 0.3) is 0 Å². The van der Waals surface area contributed by atoms with Crippen molar-refractivity contribution in [3.8, 4) is 0 Å². The Balaban J connectivity index is 2.75. The maximum Gasteiger partial charge on any atom is 0.159 e. The van der Waals surface area contributed by atoms with Crippen molar-refractivity contribution in [2.45, 2.75) is 13.5 Å². The molecule has 0 aliphatic rings. The van der Waals surface area contributed by atoms with Gasteiger partial charge in [0.15, 0.2) is 5.78 Å². The van der Waals surface area contributed by atoms with Crippen LogP contribution in [0.4, 0.5) is 0 Å². The van der Waals surface area contributed by atoms with Crippen molar-refractivity contribution in [3.05, 3.63) is 35.4 Å². The molecule has 0 atom stereocenters. The molecule has 1 rings (SSSR count). The van der Waals surface area contributed by atoms with Crippen molar-refractivity contribution in [2.24, 2.45) is 0 Å². The highest BCUT2D eigenvalue weighted by atomic mass is 16.1. The first-order chi connectivity index (χ1) is 6.09. The zero-order valence-corrected chi connectivity index (χ0v) is 8.37. The highest BCUT2D eigenvalue weighted by Crippen LogP contribution is 2.06. The number of carbonyl (C=O) groups is 1. The maximum absolute atomic E-state index is 11.0. The van der Waals surface area contributed by atoms with E-state index in [1.165, 1.54) is 5.56 Å². The van der Waals surface area contributed by atoms with Crippen LogP contribution in [0.1, 0.15) is 22.8 Å². The lowest BCUT2D eigenvalue weighted by Gasteiger charge is -2.09. The van der Waals surface area contributed by atoms with Crippen molar-refractivity contribution in [3.63, 3.8) is 0 Å². The molecule has 0 heterocycles. The van der Waals surface area contributed by atoms with Crippen LogP contribution in [0.2, 0.25) is 0 Å². The minimum atomic E-state index is 0.122. The molecule has 0 fully saturated rings. The summed E-state index contributed by atoms with van der Waals surface area (Å²) < 4.78 is 0. The molecule has 0 bridgehead atoms. The summed E-state index contributed by atoms with van der Waals surface area (Å²) in [6.45, 7) is 2.50. The summed E-state index contributed by atoms with van der Waals surface area (Å²) in [5.74, 6) is 0.122. The largest absolute Gasteiger partial charge is 0.305 e. The van der Waals surface area contributed by atoms with Crippen molar-refractivity contribution in [1.82, 2.24) is 4.90 Å². The molecule has 0 amide bonds. The summed E-state index contributed by atoms with van der Waals surface area (Å²) in [4.78, 5) is 13.1. The Kier molecular flexibility index (Phi) is 3.20. The van der Waals surface area contributed by atoms with E-state index >= 15 is 0 Å². The zero-order chi connectivity index (χ0) is 9.84. The van der Waals surface area contributed by atoms with Crippen LogP contribution >= 0.6 is 0 Å². The molecule has 13 heavy (non-hydrogen) atoms. The molecule has 2 nitrogen and oxygen atoms in total. The van der Waals surface area contributed by atoms with E-state index in [1.807, 2.05) is 38.4 Å². The number of hydrogen-bond acceptors (Lipinski definition) is 2. The second-order valence-electron chi connectivity index (χ2n) is 3.49. The summed E-state index contributed by atoms with van der Waals surface area (Å²) in [7, 11) is 4.05. The topological polar surface area (TPSA) is 20.3 Å². The molecule has 0 spiro atoms. The van der Waals surface area contributed by atoms with E-state index in [0.29, 0.717) is 0 Å². The molecule has 1 aromatic carbocycles. The number of carbonyl (C=O) groups excluding carboxylic acids is 1. The smallest absolute Gasteiger partial charge is 0.159 e. The van der Waals surface area contributed by atoms with Crippen molar-refractivity contribution in [2.75, 3.05) is 14.1 Å². The van der Waals surface area contributed by atoms with E-state index < -0.39 is 0 Å². The van der Waals surface area contributed by atoms with Crippen LogP contribution in [-0.2, 0) is 6.54 Å². The fourth-order valence-corrected chi connectivity index (χ4v) is 1.21. The van der Waals surface area contributed by atoms with E-state index in [0.717, 1.165) is 12.1 Å². The van der Waals surface area contributed by atoms with Gasteiger partial charge in [-0.1, -0.05) is 24.3 Å². The molecule has 70 valence electrons. The second kappa shape index (κ2) is 4.19. The first-order valence-corrected chi connectivity index (χ1v) is 4.34. The van der Waals surface area contributed by atoms with Gasteiger partial charge in [0.2, 0.25) is 0 Å².